The van der Waals surface area contributed by atoms with Crippen molar-refractivity contribution in [1.82, 2.24) is 0 Å². The van der Waals surface area contributed by atoms with Crippen molar-refractivity contribution in [2.75, 3.05) is 5.32 Å². The molecule has 0 heterocycles. The summed E-state index contributed by atoms with van der Waals surface area (Å²) in [4.78, 5) is 31.4. The summed E-state index contributed by atoms with van der Waals surface area (Å²) in [7, 11) is 0. The van der Waals surface area contributed by atoms with E-state index in [1.807, 2.05) is 43.3 Å². The van der Waals surface area contributed by atoms with Crippen molar-refractivity contribution in [3.8, 4) is 0 Å². The lowest BCUT2D eigenvalue weighted by molar-refractivity contribution is -0.130. The summed E-state index contributed by atoms with van der Waals surface area (Å²) in [5.74, 6) is -0.457. The number of rotatable bonds is 5. The molecule has 1 amide bonds. The molecule has 168 valence electrons. The van der Waals surface area contributed by atoms with Gasteiger partial charge in [-0.05, 0) is 61.4 Å². The summed E-state index contributed by atoms with van der Waals surface area (Å²) in [6.07, 6.45) is 3.09. The Balaban J connectivity index is 1.56. The zero-order chi connectivity index (χ0) is 23.1. The Bertz CT molecular complexity index is 1070. The number of carbonyl (C=O) groups excluding carboxylic acids is 2. The van der Waals surface area contributed by atoms with Crippen LogP contribution in [-0.4, -0.2) is 17.6 Å². The van der Waals surface area contributed by atoms with E-state index in [4.69, 9.17) is 4.84 Å². The van der Waals surface area contributed by atoms with Gasteiger partial charge in [0.1, 0.15) is 0 Å². The second kappa shape index (κ2) is 7.88. The van der Waals surface area contributed by atoms with Crippen molar-refractivity contribution in [3.05, 3.63) is 65.2 Å². The van der Waals surface area contributed by atoms with E-state index in [1.165, 1.54) is 5.56 Å². The molecule has 2 aromatic rings. The maximum absolute atomic E-state index is 13.6. The fourth-order valence-corrected chi connectivity index (χ4v) is 5.44. The Morgan fingerprint density at radius 3 is 2.28 bits per heavy atom. The molecule has 1 N–H and O–H groups in total. The van der Waals surface area contributed by atoms with Crippen LogP contribution in [0.3, 0.4) is 0 Å². The smallest absolute Gasteiger partial charge is 0.326 e. The first kappa shape index (κ1) is 22.3. The van der Waals surface area contributed by atoms with Gasteiger partial charge in [-0.15, -0.1) is 0 Å². The highest BCUT2D eigenvalue weighted by atomic mass is 16.7. The van der Waals surface area contributed by atoms with Crippen LogP contribution in [0.1, 0.15) is 68.4 Å². The molecule has 2 fully saturated rings. The van der Waals surface area contributed by atoms with Crippen LogP contribution < -0.4 is 5.32 Å². The number of fused-ring (bicyclic) bond motifs is 2. The SMILES string of the molecule is CCc1ccc(NC(=O)C23CCC(C)(C(=NOC(=O)c4ccc(C)cc4)C2)C3(C)C)cc1. The number of anilines is 1. The minimum atomic E-state index is -0.583. The molecule has 2 atom stereocenters. The van der Waals surface area contributed by atoms with Crippen LogP contribution in [0.5, 0.6) is 0 Å². The third kappa shape index (κ3) is 3.35. The van der Waals surface area contributed by atoms with E-state index in [0.29, 0.717) is 12.0 Å². The maximum Gasteiger partial charge on any atom is 0.365 e. The second-order valence-corrected chi connectivity index (χ2v) is 10.0. The largest absolute Gasteiger partial charge is 0.365 e. The quantitative estimate of drug-likeness (QED) is 0.471. The molecular formula is C27H32N2O3. The molecule has 2 aliphatic rings. The van der Waals surface area contributed by atoms with E-state index in [1.54, 1.807) is 12.1 Å². The number of nitrogens with one attached hydrogen (secondary N) is 1. The number of carbonyl (C=O) groups is 2. The van der Waals surface area contributed by atoms with Crippen LogP contribution in [-0.2, 0) is 16.1 Å². The first-order chi connectivity index (χ1) is 15.1. The van der Waals surface area contributed by atoms with E-state index in [9.17, 15) is 9.59 Å². The van der Waals surface area contributed by atoms with Gasteiger partial charge in [0.05, 0.1) is 16.7 Å². The predicted molar refractivity (Wildman–Crippen MR) is 127 cm³/mol. The molecule has 4 rings (SSSR count). The summed E-state index contributed by atoms with van der Waals surface area (Å²) in [5.41, 5.74) is 3.18. The summed E-state index contributed by atoms with van der Waals surface area (Å²) in [6, 6.07) is 15.2. The van der Waals surface area contributed by atoms with Gasteiger partial charge in [0, 0.05) is 17.5 Å². The van der Waals surface area contributed by atoms with Gasteiger partial charge in [-0.2, -0.15) is 0 Å². The van der Waals surface area contributed by atoms with Crippen molar-refractivity contribution in [2.45, 2.75) is 60.3 Å². The predicted octanol–water partition coefficient (Wildman–Crippen LogP) is 5.93. The maximum atomic E-state index is 13.6. The fraction of sp³-hybridized carbons (Fsp3) is 0.444. The Morgan fingerprint density at radius 1 is 1.00 bits per heavy atom. The first-order valence-electron chi connectivity index (χ1n) is 11.4. The topological polar surface area (TPSA) is 67.8 Å². The zero-order valence-corrected chi connectivity index (χ0v) is 19.6. The average molecular weight is 433 g/mol. The Morgan fingerprint density at radius 2 is 1.66 bits per heavy atom. The molecule has 0 aromatic heterocycles. The number of nitrogens with zero attached hydrogens (tertiary/aromatic N) is 1. The second-order valence-electron chi connectivity index (χ2n) is 10.0. The average Bonchev–Trinajstić information content (AvgIpc) is 3.09. The summed E-state index contributed by atoms with van der Waals surface area (Å²) < 4.78 is 0. The van der Waals surface area contributed by atoms with Gasteiger partial charge >= 0.3 is 5.97 Å². The molecule has 5 heteroatoms. The molecule has 5 nitrogen and oxygen atoms in total. The number of hydrogen-bond acceptors (Lipinski definition) is 4. The summed E-state index contributed by atoms with van der Waals surface area (Å²) in [6.45, 7) is 10.5. The van der Waals surface area contributed by atoms with Crippen LogP contribution >= 0.6 is 0 Å². The van der Waals surface area contributed by atoms with Crippen LogP contribution in [0.15, 0.2) is 53.7 Å². The lowest BCUT2D eigenvalue weighted by Crippen LogP contribution is -2.43. The van der Waals surface area contributed by atoms with Crippen molar-refractivity contribution in [1.29, 1.82) is 0 Å². The van der Waals surface area contributed by atoms with Gasteiger partial charge in [0.25, 0.3) is 0 Å². The minimum absolute atomic E-state index is 0.0190. The van der Waals surface area contributed by atoms with Crippen molar-refractivity contribution < 1.29 is 14.4 Å². The number of aryl methyl sites for hydroxylation is 2. The molecule has 32 heavy (non-hydrogen) atoms. The van der Waals surface area contributed by atoms with Crippen molar-refractivity contribution in [3.63, 3.8) is 0 Å². The van der Waals surface area contributed by atoms with E-state index < -0.39 is 11.4 Å². The lowest BCUT2D eigenvalue weighted by atomic mass is 9.64. The molecule has 0 spiro atoms. The van der Waals surface area contributed by atoms with Crippen molar-refractivity contribution in [2.24, 2.45) is 21.4 Å². The van der Waals surface area contributed by atoms with Crippen molar-refractivity contribution >= 4 is 23.3 Å². The standard InChI is InChI=1S/C27H32N2O3/c1-6-19-9-13-21(14-10-19)28-24(31)27-16-15-26(5,25(27,3)4)22(17-27)29-32-23(30)20-11-7-18(2)8-12-20/h7-14H,6,15-17H2,1-5H3,(H,28,31). The van der Waals surface area contributed by atoms with E-state index in [-0.39, 0.29) is 16.7 Å². The monoisotopic (exact) mass is 432 g/mol. The normalized spacial score (nSPS) is 26.8. The summed E-state index contributed by atoms with van der Waals surface area (Å²) in [5, 5.41) is 7.46. The lowest BCUT2D eigenvalue weighted by Gasteiger charge is -2.39. The van der Waals surface area contributed by atoms with Gasteiger partial charge in [0.2, 0.25) is 5.91 Å². The van der Waals surface area contributed by atoms with Gasteiger partial charge in [0.15, 0.2) is 0 Å². The Hall–Kier alpha value is -2.95. The van der Waals surface area contributed by atoms with Crippen LogP contribution in [0.4, 0.5) is 5.69 Å². The molecule has 2 aromatic carbocycles. The number of amides is 1. The Labute approximate surface area is 190 Å². The summed E-state index contributed by atoms with van der Waals surface area (Å²) >= 11 is 0. The first-order valence-corrected chi connectivity index (χ1v) is 11.4. The van der Waals surface area contributed by atoms with E-state index in [2.05, 4.69) is 38.2 Å². The third-order valence-electron chi connectivity index (χ3n) is 8.31. The zero-order valence-electron chi connectivity index (χ0n) is 19.6. The van der Waals surface area contributed by atoms with E-state index >= 15 is 0 Å². The molecule has 2 unspecified atom stereocenters. The Kier molecular flexibility index (Phi) is 5.48. The van der Waals surface area contributed by atoms with Crippen LogP contribution in [0, 0.1) is 23.2 Å². The van der Waals surface area contributed by atoms with Gasteiger partial charge < -0.3 is 10.2 Å². The highest BCUT2D eigenvalue weighted by Crippen LogP contribution is 2.71. The third-order valence-corrected chi connectivity index (χ3v) is 8.31. The molecule has 2 aliphatic carbocycles. The van der Waals surface area contributed by atoms with Crippen LogP contribution in [0.25, 0.3) is 0 Å². The molecular weight excluding hydrogens is 400 g/mol. The molecule has 2 saturated carbocycles. The number of hydrogen-bond donors (Lipinski definition) is 1. The number of oxime groups is 1. The number of benzene rings is 2. The fourth-order valence-electron chi connectivity index (χ4n) is 5.44. The van der Waals surface area contributed by atoms with Gasteiger partial charge in [-0.1, -0.05) is 62.7 Å². The highest BCUT2D eigenvalue weighted by Gasteiger charge is 2.71. The minimum Gasteiger partial charge on any atom is -0.326 e. The molecule has 0 saturated heterocycles. The van der Waals surface area contributed by atoms with Gasteiger partial charge in [-0.3, -0.25) is 4.79 Å². The molecule has 0 aliphatic heterocycles. The highest BCUT2D eigenvalue weighted by molar-refractivity contribution is 6.06. The molecule has 2 bridgehead atoms. The van der Waals surface area contributed by atoms with Crippen LogP contribution in [0.2, 0.25) is 0 Å². The molecule has 0 radical (unpaired) electrons. The van der Waals surface area contributed by atoms with Gasteiger partial charge in [-0.25, -0.2) is 4.79 Å². The van der Waals surface area contributed by atoms with E-state index in [0.717, 1.165) is 36.2 Å².